The number of aliphatic hydroxyl groups excluding tert-OH is 1. The first kappa shape index (κ1) is 15.7. The van der Waals surface area contributed by atoms with Crippen molar-refractivity contribution >= 4 is 5.91 Å². The van der Waals surface area contributed by atoms with Crippen molar-refractivity contribution < 1.29 is 18.7 Å². The number of aliphatic hydroxyl groups is 1. The third-order valence-electron chi connectivity index (χ3n) is 4.06. The van der Waals surface area contributed by atoms with Crippen molar-refractivity contribution in [3.63, 3.8) is 0 Å². The van der Waals surface area contributed by atoms with Gasteiger partial charge in [0.1, 0.15) is 12.1 Å². The van der Waals surface area contributed by atoms with Crippen molar-refractivity contribution in [1.29, 1.82) is 0 Å². The zero-order valence-corrected chi connectivity index (χ0v) is 12.7. The lowest BCUT2D eigenvalue weighted by atomic mass is 9.92. The number of aromatic nitrogens is 1. The van der Waals surface area contributed by atoms with Crippen LogP contribution in [0.2, 0.25) is 0 Å². The topological polar surface area (TPSA) is 75.4 Å². The van der Waals surface area contributed by atoms with Gasteiger partial charge in [0.15, 0.2) is 0 Å². The molecule has 2 N–H and O–H groups in total. The summed E-state index contributed by atoms with van der Waals surface area (Å²) in [6.45, 7) is 0. The van der Waals surface area contributed by atoms with E-state index in [0.717, 1.165) is 25.7 Å². The first-order valence-electron chi connectivity index (χ1n) is 7.79. The van der Waals surface area contributed by atoms with E-state index in [0.29, 0.717) is 17.1 Å². The van der Waals surface area contributed by atoms with E-state index in [-0.39, 0.29) is 24.2 Å². The van der Waals surface area contributed by atoms with E-state index in [1.54, 1.807) is 12.1 Å². The number of hydrogen-bond acceptors (Lipinski definition) is 4. The Morgan fingerprint density at radius 1 is 1.30 bits per heavy atom. The number of benzene rings is 1. The van der Waals surface area contributed by atoms with Gasteiger partial charge in [-0.15, -0.1) is 0 Å². The molecule has 3 rings (SSSR count). The summed E-state index contributed by atoms with van der Waals surface area (Å²) in [5, 5.41) is 12.7. The van der Waals surface area contributed by atoms with Gasteiger partial charge in [0.2, 0.25) is 11.8 Å². The van der Waals surface area contributed by atoms with Gasteiger partial charge >= 0.3 is 0 Å². The van der Waals surface area contributed by atoms with Crippen LogP contribution < -0.4 is 5.32 Å². The zero-order valence-electron chi connectivity index (χ0n) is 12.7. The minimum Gasteiger partial charge on any atom is -0.444 e. The molecule has 0 radical (unpaired) electrons. The maximum Gasteiger partial charge on any atom is 0.226 e. The Kier molecular flexibility index (Phi) is 4.71. The first-order chi connectivity index (χ1) is 11.1. The molecule has 6 heteroatoms. The SMILES string of the molecule is O=C(Cc1coc(-c2ccc(F)cc2)n1)NC1CCCCC1O. The number of carbonyl (C=O) groups excluding carboxylic acids is 1. The van der Waals surface area contributed by atoms with Crippen LogP contribution in [0.15, 0.2) is 34.9 Å². The highest BCUT2D eigenvalue weighted by Gasteiger charge is 2.24. The van der Waals surface area contributed by atoms with Gasteiger partial charge in [0, 0.05) is 5.56 Å². The van der Waals surface area contributed by atoms with Crippen LogP contribution in [0.1, 0.15) is 31.4 Å². The quantitative estimate of drug-likeness (QED) is 0.908. The summed E-state index contributed by atoms with van der Waals surface area (Å²) in [5.74, 6) is -0.161. The molecule has 2 aromatic rings. The molecule has 122 valence electrons. The van der Waals surface area contributed by atoms with Crippen LogP contribution in [0.5, 0.6) is 0 Å². The predicted octanol–water partition coefficient (Wildman–Crippen LogP) is 2.44. The van der Waals surface area contributed by atoms with Gasteiger partial charge in [0.25, 0.3) is 0 Å². The highest BCUT2D eigenvalue weighted by atomic mass is 19.1. The highest BCUT2D eigenvalue weighted by Crippen LogP contribution is 2.20. The van der Waals surface area contributed by atoms with Crippen LogP contribution in [-0.2, 0) is 11.2 Å². The molecular weight excluding hydrogens is 299 g/mol. The zero-order chi connectivity index (χ0) is 16.2. The summed E-state index contributed by atoms with van der Waals surface area (Å²) in [4.78, 5) is 16.3. The van der Waals surface area contributed by atoms with E-state index < -0.39 is 6.10 Å². The van der Waals surface area contributed by atoms with Crippen LogP contribution in [0.25, 0.3) is 11.5 Å². The monoisotopic (exact) mass is 318 g/mol. The molecule has 1 aromatic heterocycles. The lowest BCUT2D eigenvalue weighted by Gasteiger charge is -2.28. The molecule has 0 aliphatic heterocycles. The van der Waals surface area contributed by atoms with E-state index in [1.807, 2.05) is 0 Å². The molecule has 1 aromatic carbocycles. The lowest BCUT2D eigenvalue weighted by molar-refractivity contribution is -0.122. The number of halogens is 1. The number of oxazole rings is 1. The fourth-order valence-corrected chi connectivity index (χ4v) is 2.82. The molecule has 1 aliphatic rings. The van der Waals surface area contributed by atoms with Gasteiger partial charge < -0.3 is 14.8 Å². The Morgan fingerprint density at radius 3 is 2.78 bits per heavy atom. The van der Waals surface area contributed by atoms with Gasteiger partial charge in [-0.1, -0.05) is 12.8 Å². The van der Waals surface area contributed by atoms with Gasteiger partial charge in [-0.05, 0) is 37.1 Å². The van der Waals surface area contributed by atoms with E-state index in [1.165, 1.54) is 18.4 Å². The average Bonchev–Trinajstić information content (AvgIpc) is 2.98. The number of rotatable bonds is 4. The van der Waals surface area contributed by atoms with Crippen LogP contribution >= 0.6 is 0 Å². The highest BCUT2D eigenvalue weighted by molar-refractivity contribution is 5.78. The molecule has 23 heavy (non-hydrogen) atoms. The van der Waals surface area contributed by atoms with Crippen LogP contribution in [-0.4, -0.2) is 28.1 Å². The Balaban J connectivity index is 1.60. The molecule has 2 unspecified atom stereocenters. The van der Waals surface area contributed by atoms with Crippen molar-refractivity contribution in [3.05, 3.63) is 42.0 Å². The number of hydrogen-bond donors (Lipinski definition) is 2. The molecule has 0 spiro atoms. The van der Waals surface area contributed by atoms with Crippen molar-refractivity contribution in [2.45, 2.75) is 44.2 Å². The Labute approximate surface area is 133 Å². The van der Waals surface area contributed by atoms with Crippen molar-refractivity contribution in [2.24, 2.45) is 0 Å². The maximum absolute atomic E-state index is 12.9. The second kappa shape index (κ2) is 6.91. The Morgan fingerprint density at radius 2 is 2.04 bits per heavy atom. The van der Waals surface area contributed by atoms with Crippen molar-refractivity contribution in [3.8, 4) is 11.5 Å². The molecule has 1 saturated carbocycles. The molecule has 0 bridgehead atoms. The molecule has 5 nitrogen and oxygen atoms in total. The second-order valence-electron chi connectivity index (χ2n) is 5.85. The fraction of sp³-hybridized carbons (Fsp3) is 0.412. The average molecular weight is 318 g/mol. The fourth-order valence-electron chi connectivity index (χ4n) is 2.82. The lowest BCUT2D eigenvalue weighted by Crippen LogP contribution is -2.45. The largest absolute Gasteiger partial charge is 0.444 e. The van der Waals surface area contributed by atoms with Crippen LogP contribution in [0.3, 0.4) is 0 Å². The summed E-state index contributed by atoms with van der Waals surface area (Å²) < 4.78 is 18.2. The molecule has 1 amide bonds. The Hall–Kier alpha value is -2.21. The molecule has 0 saturated heterocycles. The first-order valence-corrected chi connectivity index (χ1v) is 7.79. The molecule has 1 fully saturated rings. The summed E-state index contributed by atoms with van der Waals surface area (Å²) >= 11 is 0. The minimum atomic E-state index is -0.472. The Bertz CT molecular complexity index is 669. The number of nitrogens with zero attached hydrogens (tertiary/aromatic N) is 1. The third kappa shape index (κ3) is 3.96. The van der Waals surface area contributed by atoms with E-state index in [4.69, 9.17) is 4.42 Å². The van der Waals surface area contributed by atoms with E-state index in [2.05, 4.69) is 10.3 Å². The standard InChI is InChI=1S/C17H19FN2O3/c18-12-7-5-11(6-8-12)17-19-13(10-23-17)9-16(22)20-14-3-1-2-4-15(14)21/h5-8,10,14-15,21H,1-4,9H2,(H,20,22). The number of nitrogens with one attached hydrogen (secondary N) is 1. The molecule has 1 aliphatic carbocycles. The number of amides is 1. The molecule has 1 heterocycles. The molecular formula is C17H19FN2O3. The smallest absolute Gasteiger partial charge is 0.226 e. The van der Waals surface area contributed by atoms with E-state index in [9.17, 15) is 14.3 Å². The summed E-state index contributed by atoms with van der Waals surface area (Å²) in [6.07, 6.45) is 4.58. The number of carbonyl (C=O) groups is 1. The van der Waals surface area contributed by atoms with Crippen molar-refractivity contribution in [2.75, 3.05) is 0 Å². The van der Waals surface area contributed by atoms with Crippen LogP contribution in [0, 0.1) is 5.82 Å². The summed E-state index contributed by atoms with van der Waals surface area (Å²) in [7, 11) is 0. The third-order valence-corrected chi connectivity index (χ3v) is 4.06. The van der Waals surface area contributed by atoms with Crippen molar-refractivity contribution in [1.82, 2.24) is 10.3 Å². The van der Waals surface area contributed by atoms with Crippen LogP contribution in [0.4, 0.5) is 4.39 Å². The van der Waals surface area contributed by atoms with Gasteiger partial charge in [-0.3, -0.25) is 4.79 Å². The normalized spacial score (nSPS) is 21.1. The summed E-state index contributed by atoms with van der Waals surface area (Å²) in [5.41, 5.74) is 1.16. The predicted molar refractivity (Wildman–Crippen MR) is 82.0 cm³/mol. The second-order valence-corrected chi connectivity index (χ2v) is 5.85. The summed E-state index contributed by atoms with van der Waals surface area (Å²) in [6, 6.07) is 5.62. The van der Waals surface area contributed by atoms with Gasteiger partial charge in [-0.25, -0.2) is 9.37 Å². The van der Waals surface area contributed by atoms with Gasteiger partial charge in [0.05, 0.1) is 24.3 Å². The molecule has 2 atom stereocenters. The van der Waals surface area contributed by atoms with Gasteiger partial charge in [-0.2, -0.15) is 0 Å². The minimum absolute atomic E-state index is 0.0912. The van der Waals surface area contributed by atoms with E-state index >= 15 is 0 Å². The maximum atomic E-state index is 12.9.